The summed E-state index contributed by atoms with van der Waals surface area (Å²) in [5, 5.41) is 9.25. The van der Waals surface area contributed by atoms with Crippen LogP contribution in [0.3, 0.4) is 0 Å². The second kappa shape index (κ2) is 5.53. The third kappa shape index (κ3) is 2.40. The lowest BCUT2D eigenvalue weighted by Gasteiger charge is -2.05. The van der Waals surface area contributed by atoms with Gasteiger partial charge in [0.1, 0.15) is 12.4 Å². The predicted octanol–water partition coefficient (Wildman–Crippen LogP) is 2.75. The summed E-state index contributed by atoms with van der Waals surface area (Å²) in [6.07, 6.45) is 2.52. The molecule has 1 N–H and O–H groups in total. The number of aliphatic hydroxyl groups excluding tert-OH is 1. The fraction of sp³-hybridized carbons (Fsp3) is 0.467. The number of Topliss-reactive ketones (excluding diaryl/α,β-unsaturated/α-hetero) is 1. The number of carbonyl (C=O) groups excluding carboxylic acids is 1. The molecule has 1 heterocycles. The van der Waals surface area contributed by atoms with Crippen LogP contribution in [0.4, 0.5) is 0 Å². The highest BCUT2D eigenvalue weighted by Gasteiger charge is 2.15. The van der Waals surface area contributed by atoms with E-state index in [4.69, 9.17) is 0 Å². The summed E-state index contributed by atoms with van der Waals surface area (Å²) in [5.41, 5.74) is 3.43. The van der Waals surface area contributed by atoms with Crippen LogP contribution in [0.5, 0.6) is 0 Å². The minimum Gasteiger partial charge on any atom is -0.388 e. The van der Waals surface area contributed by atoms with E-state index < -0.39 is 0 Å². The minimum absolute atomic E-state index is 0.0935. The second-order valence-electron chi connectivity index (χ2n) is 4.88. The van der Waals surface area contributed by atoms with Crippen molar-refractivity contribution in [2.24, 2.45) is 7.05 Å². The first-order valence-electron chi connectivity index (χ1n) is 6.69. The number of ketones is 1. The smallest absolute Gasteiger partial charge is 0.163 e. The monoisotopic (exact) mass is 260 g/mol. The van der Waals surface area contributed by atoms with Crippen LogP contribution in [-0.2, 0) is 13.7 Å². The number of fused-ring (bicyclic) bond motifs is 1. The lowest BCUT2D eigenvalue weighted by atomic mass is 10.00. The van der Waals surface area contributed by atoms with E-state index in [1.807, 2.05) is 30.7 Å². The summed E-state index contributed by atoms with van der Waals surface area (Å²) in [6.45, 7) is 3.91. The van der Waals surface area contributed by atoms with E-state index in [0.29, 0.717) is 12.2 Å². The Bertz CT molecular complexity index is 614. The van der Waals surface area contributed by atoms with E-state index in [1.54, 1.807) is 0 Å². The van der Waals surface area contributed by atoms with Crippen LogP contribution in [0.2, 0.25) is 0 Å². The fourth-order valence-electron chi connectivity index (χ4n) is 2.36. The van der Waals surface area contributed by atoms with Crippen LogP contribution >= 0.6 is 0 Å². The van der Waals surface area contributed by atoms with E-state index in [9.17, 15) is 9.90 Å². The van der Waals surface area contributed by atoms with Crippen LogP contribution in [0.15, 0.2) is 12.1 Å². The molecule has 2 rings (SSSR count). The highest BCUT2D eigenvalue weighted by molar-refractivity contribution is 6.01. The SMILES string of the molecule is CCCCC(=O)c1ccc2c(nc(CO)n2C)c1C. The molecular weight excluding hydrogens is 240 g/mol. The zero-order valence-corrected chi connectivity index (χ0v) is 11.7. The van der Waals surface area contributed by atoms with Crippen molar-refractivity contribution >= 4 is 16.8 Å². The molecule has 0 saturated heterocycles. The van der Waals surface area contributed by atoms with Crippen molar-refractivity contribution < 1.29 is 9.90 Å². The molecule has 0 radical (unpaired) electrons. The molecule has 0 amide bonds. The summed E-state index contributed by atoms with van der Waals surface area (Å²) in [5.74, 6) is 0.800. The molecule has 0 aliphatic rings. The number of aliphatic hydroxyl groups is 1. The van der Waals surface area contributed by atoms with E-state index >= 15 is 0 Å². The number of imidazole rings is 1. The number of hydrogen-bond acceptors (Lipinski definition) is 3. The van der Waals surface area contributed by atoms with Crippen LogP contribution in [0.25, 0.3) is 11.0 Å². The molecule has 0 saturated carbocycles. The first kappa shape index (κ1) is 13.7. The Labute approximate surface area is 113 Å². The molecule has 1 aromatic carbocycles. The van der Waals surface area contributed by atoms with Crippen molar-refractivity contribution in [2.75, 3.05) is 0 Å². The molecule has 102 valence electrons. The number of unbranched alkanes of at least 4 members (excludes halogenated alkanes) is 1. The van der Waals surface area contributed by atoms with Gasteiger partial charge in [0.2, 0.25) is 0 Å². The summed E-state index contributed by atoms with van der Waals surface area (Å²) >= 11 is 0. The van der Waals surface area contributed by atoms with Crippen LogP contribution in [0, 0.1) is 6.92 Å². The predicted molar refractivity (Wildman–Crippen MR) is 75.2 cm³/mol. The first-order valence-corrected chi connectivity index (χ1v) is 6.69. The molecule has 1 aromatic heterocycles. The number of nitrogens with zero attached hydrogens (tertiary/aromatic N) is 2. The summed E-state index contributed by atoms with van der Waals surface area (Å²) in [7, 11) is 1.87. The zero-order valence-electron chi connectivity index (χ0n) is 11.7. The van der Waals surface area contributed by atoms with Crippen molar-refractivity contribution in [3.63, 3.8) is 0 Å². The number of rotatable bonds is 5. The number of aryl methyl sites for hydroxylation is 2. The van der Waals surface area contributed by atoms with E-state index in [2.05, 4.69) is 11.9 Å². The van der Waals surface area contributed by atoms with Gasteiger partial charge in [0.25, 0.3) is 0 Å². The Kier molecular flexibility index (Phi) is 4.00. The van der Waals surface area contributed by atoms with Gasteiger partial charge in [0.05, 0.1) is 11.0 Å². The molecular formula is C15H20N2O2. The van der Waals surface area contributed by atoms with Crippen molar-refractivity contribution in [1.82, 2.24) is 9.55 Å². The Morgan fingerprint density at radius 1 is 1.42 bits per heavy atom. The van der Waals surface area contributed by atoms with Gasteiger partial charge in [-0.25, -0.2) is 4.98 Å². The minimum atomic E-state index is -0.0935. The standard InChI is InChI=1S/C15H20N2O2/c1-4-5-6-13(19)11-7-8-12-15(10(11)2)16-14(9-18)17(12)3/h7-8,18H,4-6,9H2,1-3H3. The van der Waals surface area contributed by atoms with Crippen molar-refractivity contribution in [3.8, 4) is 0 Å². The molecule has 4 heteroatoms. The maximum absolute atomic E-state index is 12.1. The Morgan fingerprint density at radius 2 is 2.16 bits per heavy atom. The van der Waals surface area contributed by atoms with Crippen molar-refractivity contribution in [1.29, 1.82) is 0 Å². The average molecular weight is 260 g/mol. The highest BCUT2D eigenvalue weighted by Crippen LogP contribution is 2.23. The van der Waals surface area contributed by atoms with Gasteiger partial charge in [-0.05, 0) is 31.0 Å². The molecule has 0 fully saturated rings. The third-order valence-corrected chi connectivity index (χ3v) is 3.60. The molecule has 2 aromatic rings. The zero-order chi connectivity index (χ0) is 14.0. The quantitative estimate of drug-likeness (QED) is 0.841. The average Bonchev–Trinajstić information content (AvgIpc) is 2.74. The maximum atomic E-state index is 12.1. The molecule has 0 bridgehead atoms. The first-order chi connectivity index (χ1) is 9.10. The molecule has 0 unspecified atom stereocenters. The van der Waals surface area contributed by atoms with E-state index in [0.717, 1.165) is 35.0 Å². The van der Waals surface area contributed by atoms with E-state index in [-0.39, 0.29) is 12.4 Å². The third-order valence-electron chi connectivity index (χ3n) is 3.60. The molecule has 4 nitrogen and oxygen atoms in total. The van der Waals surface area contributed by atoms with Gasteiger partial charge in [0, 0.05) is 19.0 Å². The van der Waals surface area contributed by atoms with Gasteiger partial charge in [0.15, 0.2) is 5.78 Å². The van der Waals surface area contributed by atoms with Gasteiger partial charge in [-0.3, -0.25) is 4.79 Å². The molecule has 0 aliphatic carbocycles. The second-order valence-corrected chi connectivity index (χ2v) is 4.88. The number of benzene rings is 1. The van der Waals surface area contributed by atoms with Gasteiger partial charge in [-0.15, -0.1) is 0 Å². The Balaban J connectivity index is 2.48. The number of hydrogen-bond donors (Lipinski definition) is 1. The number of carbonyl (C=O) groups is 1. The highest BCUT2D eigenvalue weighted by atomic mass is 16.3. The molecule has 0 aliphatic heterocycles. The van der Waals surface area contributed by atoms with Gasteiger partial charge in [-0.2, -0.15) is 0 Å². The van der Waals surface area contributed by atoms with Crippen LogP contribution in [-0.4, -0.2) is 20.4 Å². The van der Waals surface area contributed by atoms with Crippen LogP contribution in [0.1, 0.15) is 47.9 Å². The molecule has 0 atom stereocenters. The Hall–Kier alpha value is -1.68. The Morgan fingerprint density at radius 3 is 2.79 bits per heavy atom. The lowest BCUT2D eigenvalue weighted by Crippen LogP contribution is -2.02. The summed E-state index contributed by atoms with van der Waals surface area (Å²) in [4.78, 5) is 16.6. The number of aromatic nitrogens is 2. The van der Waals surface area contributed by atoms with Crippen molar-refractivity contribution in [3.05, 3.63) is 29.1 Å². The van der Waals surface area contributed by atoms with E-state index in [1.165, 1.54) is 0 Å². The summed E-state index contributed by atoms with van der Waals surface area (Å²) < 4.78 is 1.86. The van der Waals surface area contributed by atoms with Gasteiger partial charge < -0.3 is 9.67 Å². The topological polar surface area (TPSA) is 55.1 Å². The molecule has 19 heavy (non-hydrogen) atoms. The largest absolute Gasteiger partial charge is 0.388 e. The van der Waals surface area contributed by atoms with Crippen LogP contribution < -0.4 is 0 Å². The van der Waals surface area contributed by atoms with Gasteiger partial charge >= 0.3 is 0 Å². The normalized spacial score (nSPS) is 11.2. The lowest BCUT2D eigenvalue weighted by molar-refractivity contribution is 0.0979. The fourth-order valence-corrected chi connectivity index (χ4v) is 2.36. The van der Waals surface area contributed by atoms with Gasteiger partial charge in [-0.1, -0.05) is 13.3 Å². The maximum Gasteiger partial charge on any atom is 0.163 e. The summed E-state index contributed by atoms with van der Waals surface area (Å²) in [6, 6.07) is 3.78. The molecule has 0 spiro atoms. The van der Waals surface area contributed by atoms with Crippen molar-refractivity contribution in [2.45, 2.75) is 39.7 Å².